The molecule has 33 heavy (non-hydrogen) atoms. The Morgan fingerprint density at radius 1 is 0.970 bits per heavy atom. The molecule has 0 aliphatic carbocycles. The summed E-state index contributed by atoms with van der Waals surface area (Å²) in [5.41, 5.74) is 3.42. The van der Waals surface area contributed by atoms with E-state index in [1.54, 1.807) is 7.11 Å². The average molecular weight is 443 g/mol. The number of imidazole rings is 1. The van der Waals surface area contributed by atoms with Gasteiger partial charge in [-0.2, -0.15) is 0 Å². The molecule has 1 saturated heterocycles. The number of rotatable bonds is 6. The number of piperazine rings is 1. The molecule has 0 N–H and O–H groups in total. The summed E-state index contributed by atoms with van der Waals surface area (Å²) >= 11 is 0. The fraction of sp³-hybridized carbons (Fsp3) is 0.231. The van der Waals surface area contributed by atoms with Gasteiger partial charge in [-0.05, 0) is 42.5 Å². The van der Waals surface area contributed by atoms with Crippen LogP contribution in [0.2, 0.25) is 0 Å². The lowest BCUT2D eigenvalue weighted by molar-refractivity contribution is 0.0746. The van der Waals surface area contributed by atoms with Crippen LogP contribution in [0.3, 0.4) is 0 Å². The third-order valence-electron chi connectivity index (χ3n) is 5.87. The number of aromatic nitrogens is 2. The van der Waals surface area contributed by atoms with Crippen molar-refractivity contribution in [3.63, 3.8) is 0 Å². The number of anilines is 1. The molecule has 1 amide bonds. The van der Waals surface area contributed by atoms with Gasteiger partial charge in [0.15, 0.2) is 0 Å². The van der Waals surface area contributed by atoms with Gasteiger partial charge in [0.1, 0.15) is 23.8 Å². The molecule has 2 aromatic heterocycles. The van der Waals surface area contributed by atoms with E-state index in [0.29, 0.717) is 31.0 Å². The minimum Gasteiger partial charge on any atom is -0.495 e. The van der Waals surface area contributed by atoms with Gasteiger partial charge in [0, 0.05) is 44.1 Å². The number of carbonyl (C=O) groups is 1. The molecule has 1 aliphatic rings. The Bertz CT molecular complexity index is 1230. The number of nitrogens with zero attached hydrogens (tertiary/aromatic N) is 4. The largest absolute Gasteiger partial charge is 0.495 e. The van der Waals surface area contributed by atoms with Gasteiger partial charge in [0.2, 0.25) is 0 Å². The molecule has 0 spiro atoms. The molecule has 0 atom stereocenters. The first kappa shape index (κ1) is 20.9. The first-order valence-electron chi connectivity index (χ1n) is 11.0. The van der Waals surface area contributed by atoms with E-state index in [1.165, 1.54) is 0 Å². The van der Waals surface area contributed by atoms with Crippen LogP contribution in [0.25, 0.3) is 5.65 Å². The Hall–Kier alpha value is -4.00. The Morgan fingerprint density at radius 2 is 1.79 bits per heavy atom. The average Bonchev–Trinajstić information content (AvgIpc) is 3.30. The van der Waals surface area contributed by atoms with Crippen LogP contribution in [0.15, 0.2) is 79.1 Å². The molecule has 1 aliphatic heterocycles. The minimum atomic E-state index is 0.0212. The van der Waals surface area contributed by atoms with Crippen LogP contribution >= 0.6 is 0 Å². The van der Waals surface area contributed by atoms with Crippen molar-refractivity contribution in [1.29, 1.82) is 0 Å². The second-order valence-electron chi connectivity index (χ2n) is 7.97. The van der Waals surface area contributed by atoms with Crippen molar-refractivity contribution in [3.05, 3.63) is 90.4 Å². The molecular formula is C26H26N4O3. The molecule has 3 heterocycles. The normalized spacial score (nSPS) is 13.8. The Kier molecular flexibility index (Phi) is 5.85. The Labute approximate surface area is 192 Å². The molecule has 5 rings (SSSR count). The second-order valence-corrected chi connectivity index (χ2v) is 7.97. The van der Waals surface area contributed by atoms with Crippen LogP contribution in [0.1, 0.15) is 16.1 Å². The minimum absolute atomic E-state index is 0.0212. The summed E-state index contributed by atoms with van der Waals surface area (Å²) in [4.78, 5) is 21.8. The van der Waals surface area contributed by atoms with Gasteiger partial charge in [-0.15, -0.1) is 0 Å². The van der Waals surface area contributed by atoms with Crippen LogP contribution < -0.4 is 14.4 Å². The van der Waals surface area contributed by atoms with Crippen LogP contribution in [0.5, 0.6) is 11.5 Å². The molecule has 2 aromatic carbocycles. The second kappa shape index (κ2) is 9.24. The van der Waals surface area contributed by atoms with E-state index in [0.717, 1.165) is 35.9 Å². The molecule has 0 radical (unpaired) electrons. The lowest BCUT2D eigenvalue weighted by Gasteiger charge is -2.36. The van der Waals surface area contributed by atoms with E-state index in [4.69, 9.17) is 9.47 Å². The smallest absolute Gasteiger partial charge is 0.254 e. The van der Waals surface area contributed by atoms with E-state index in [1.807, 2.05) is 82.4 Å². The predicted molar refractivity (Wildman–Crippen MR) is 127 cm³/mol. The number of para-hydroxylation sites is 2. The zero-order valence-electron chi connectivity index (χ0n) is 18.6. The van der Waals surface area contributed by atoms with Crippen molar-refractivity contribution >= 4 is 17.2 Å². The third-order valence-corrected chi connectivity index (χ3v) is 5.87. The molecule has 1 fully saturated rings. The first-order chi connectivity index (χ1) is 16.2. The van der Waals surface area contributed by atoms with Gasteiger partial charge in [-0.1, -0.05) is 24.3 Å². The summed E-state index contributed by atoms with van der Waals surface area (Å²) in [6.45, 7) is 3.18. The Morgan fingerprint density at radius 3 is 2.61 bits per heavy atom. The lowest BCUT2D eigenvalue weighted by Crippen LogP contribution is -2.48. The summed E-state index contributed by atoms with van der Waals surface area (Å²) in [7, 11) is 1.68. The first-order valence-corrected chi connectivity index (χ1v) is 11.0. The van der Waals surface area contributed by atoms with Crippen LogP contribution in [0.4, 0.5) is 5.69 Å². The highest BCUT2D eigenvalue weighted by Gasteiger charge is 2.24. The molecule has 0 unspecified atom stereocenters. The van der Waals surface area contributed by atoms with Gasteiger partial charge >= 0.3 is 0 Å². The van der Waals surface area contributed by atoms with Gasteiger partial charge < -0.3 is 23.7 Å². The maximum atomic E-state index is 13.1. The molecule has 0 bridgehead atoms. The number of pyridine rings is 1. The summed E-state index contributed by atoms with van der Waals surface area (Å²) in [5.74, 6) is 1.53. The highest BCUT2D eigenvalue weighted by molar-refractivity contribution is 5.94. The number of amides is 1. The zero-order valence-corrected chi connectivity index (χ0v) is 18.6. The molecule has 7 heteroatoms. The predicted octanol–water partition coefficient (Wildman–Crippen LogP) is 3.88. The maximum Gasteiger partial charge on any atom is 0.254 e. The fourth-order valence-electron chi connectivity index (χ4n) is 4.16. The summed E-state index contributed by atoms with van der Waals surface area (Å²) < 4.78 is 13.4. The van der Waals surface area contributed by atoms with Crippen molar-refractivity contribution in [2.24, 2.45) is 0 Å². The third kappa shape index (κ3) is 4.48. The molecule has 4 aromatic rings. The highest BCUT2D eigenvalue weighted by atomic mass is 16.5. The molecular weight excluding hydrogens is 416 g/mol. The van der Waals surface area contributed by atoms with Gasteiger partial charge in [0.05, 0.1) is 18.5 Å². The van der Waals surface area contributed by atoms with E-state index >= 15 is 0 Å². The number of ether oxygens (including phenoxy) is 2. The van der Waals surface area contributed by atoms with Gasteiger partial charge in [0.25, 0.3) is 5.91 Å². The van der Waals surface area contributed by atoms with E-state index in [2.05, 4.69) is 16.0 Å². The fourth-order valence-corrected chi connectivity index (χ4v) is 4.16. The van der Waals surface area contributed by atoms with E-state index in [9.17, 15) is 4.79 Å². The maximum absolute atomic E-state index is 13.1. The number of fused-ring (bicyclic) bond motifs is 1. The number of carbonyl (C=O) groups excluding carboxylic acids is 1. The van der Waals surface area contributed by atoms with Crippen LogP contribution in [0, 0.1) is 0 Å². The van der Waals surface area contributed by atoms with E-state index in [-0.39, 0.29) is 5.91 Å². The van der Waals surface area contributed by atoms with Crippen molar-refractivity contribution in [2.75, 3.05) is 38.2 Å². The van der Waals surface area contributed by atoms with Crippen molar-refractivity contribution < 1.29 is 14.3 Å². The van der Waals surface area contributed by atoms with Crippen LogP contribution in [-0.4, -0.2) is 53.5 Å². The summed E-state index contributed by atoms with van der Waals surface area (Å²) in [6, 6.07) is 21.2. The van der Waals surface area contributed by atoms with Crippen molar-refractivity contribution in [3.8, 4) is 11.5 Å². The van der Waals surface area contributed by atoms with E-state index < -0.39 is 0 Å². The van der Waals surface area contributed by atoms with Gasteiger partial charge in [-0.25, -0.2) is 4.98 Å². The zero-order chi connectivity index (χ0) is 22.6. The lowest BCUT2D eigenvalue weighted by atomic mass is 10.1. The van der Waals surface area contributed by atoms with Crippen molar-refractivity contribution in [1.82, 2.24) is 14.3 Å². The highest BCUT2D eigenvalue weighted by Crippen LogP contribution is 2.28. The number of hydrogen-bond acceptors (Lipinski definition) is 5. The Balaban J connectivity index is 1.21. The number of methoxy groups -OCH3 is 1. The monoisotopic (exact) mass is 442 g/mol. The topological polar surface area (TPSA) is 59.3 Å². The van der Waals surface area contributed by atoms with Crippen molar-refractivity contribution in [2.45, 2.75) is 6.61 Å². The number of benzene rings is 2. The summed E-state index contributed by atoms with van der Waals surface area (Å²) in [5, 5.41) is 0. The molecule has 168 valence electrons. The standard InChI is InChI=1S/C26H26N4O3/c1-32-24-10-3-2-9-23(24)28-13-15-29(16-14-28)26(31)20-7-6-8-22(17-20)33-19-21-18-30-12-5-4-11-25(30)27-21/h2-12,17-18H,13-16,19H2,1H3. The van der Waals surface area contributed by atoms with Gasteiger partial charge in [-0.3, -0.25) is 4.79 Å². The SMILES string of the molecule is COc1ccccc1N1CCN(C(=O)c2cccc(OCc3cn4ccccc4n3)c2)CC1. The summed E-state index contributed by atoms with van der Waals surface area (Å²) in [6.07, 6.45) is 3.91. The molecule has 0 saturated carbocycles. The van der Waals surface area contributed by atoms with Crippen LogP contribution in [-0.2, 0) is 6.61 Å². The molecule has 7 nitrogen and oxygen atoms in total. The number of hydrogen-bond donors (Lipinski definition) is 0. The quantitative estimate of drug-likeness (QED) is 0.454.